The summed E-state index contributed by atoms with van der Waals surface area (Å²) in [5.41, 5.74) is 2.68. The van der Waals surface area contributed by atoms with Crippen LogP contribution in [0.4, 0.5) is 0 Å². The molecule has 0 saturated heterocycles. The third kappa shape index (κ3) is 2.37. The van der Waals surface area contributed by atoms with E-state index in [-0.39, 0.29) is 0 Å². The smallest absolute Gasteiger partial charge is 0.158 e. The molecule has 0 heterocycles. The highest BCUT2D eigenvalue weighted by Gasteiger charge is 2.28. The fourth-order valence-electron chi connectivity index (χ4n) is 3.11. The van der Waals surface area contributed by atoms with Gasteiger partial charge < -0.3 is 4.90 Å². The van der Waals surface area contributed by atoms with E-state index in [0.717, 1.165) is 25.7 Å². The third-order valence-corrected chi connectivity index (χ3v) is 4.06. The Balaban J connectivity index is 2.03. The van der Waals surface area contributed by atoms with E-state index in [1.165, 1.54) is 37.0 Å². The fourth-order valence-corrected chi connectivity index (χ4v) is 3.11. The van der Waals surface area contributed by atoms with E-state index in [1.807, 2.05) is 0 Å². The molecule has 0 radical (unpaired) electrons. The van der Waals surface area contributed by atoms with E-state index in [9.17, 15) is 4.79 Å². The van der Waals surface area contributed by atoms with Gasteiger partial charge in [-0.05, 0) is 57.7 Å². The summed E-state index contributed by atoms with van der Waals surface area (Å²) in [6.07, 6.45) is 7.65. The molecule has 2 heteroatoms. The first-order valence-electron chi connectivity index (χ1n) is 6.66. The second kappa shape index (κ2) is 5.13. The number of carbonyl (C=O) groups is 1. The molecule has 2 nitrogen and oxygen atoms in total. The molecule has 0 unspecified atom stereocenters. The van der Waals surface area contributed by atoms with Crippen molar-refractivity contribution in [2.45, 2.75) is 57.9 Å². The van der Waals surface area contributed by atoms with Crippen molar-refractivity contribution in [2.24, 2.45) is 0 Å². The van der Waals surface area contributed by atoms with Crippen molar-refractivity contribution in [3.8, 4) is 0 Å². The van der Waals surface area contributed by atoms with Crippen LogP contribution in [0.1, 0.15) is 51.9 Å². The predicted molar refractivity (Wildman–Crippen MR) is 66.4 cm³/mol. The predicted octanol–water partition coefficient (Wildman–Crippen LogP) is 2.93. The van der Waals surface area contributed by atoms with Crippen molar-refractivity contribution >= 4 is 5.78 Å². The zero-order valence-electron chi connectivity index (χ0n) is 10.6. The van der Waals surface area contributed by atoms with Crippen molar-refractivity contribution in [1.82, 2.24) is 4.90 Å². The topological polar surface area (TPSA) is 20.3 Å². The number of carbonyl (C=O) groups excluding carboxylic acids is 1. The molecule has 0 amide bonds. The van der Waals surface area contributed by atoms with Crippen LogP contribution in [0.3, 0.4) is 0 Å². The minimum Gasteiger partial charge on any atom is -0.303 e. The Morgan fingerprint density at radius 2 is 2.12 bits per heavy atom. The van der Waals surface area contributed by atoms with Gasteiger partial charge in [-0.3, -0.25) is 4.79 Å². The van der Waals surface area contributed by atoms with Crippen molar-refractivity contribution in [3.05, 3.63) is 11.1 Å². The minimum absolute atomic E-state index is 0.442. The maximum Gasteiger partial charge on any atom is 0.158 e. The Kier molecular flexibility index (Phi) is 3.80. The first-order chi connectivity index (χ1) is 7.72. The first kappa shape index (κ1) is 11.8. The second-order valence-corrected chi connectivity index (χ2v) is 5.24. The van der Waals surface area contributed by atoms with Crippen LogP contribution in [-0.2, 0) is 4.79 Å². The van der Waals surface area contributed by atoms with Gasteiger partial charge in [-0.25, -0.2) is 0 Å². The molecule has 2 aliphatic rings. The van der Waals surface area contributed by atoms with Crippen LogP contribution < -0.4 is 0 Å². The molecular formula is C14H23NO. The van der Waals surface area contributed by atoms with Gasteiger partial charge in [0.1, 0.15) is 0 Å². The van der Waals surface area contributed by atoms with E-state index in [4.69, 9.17) is 0 Å². The van der Waals surface area contributed by atoms with Crippen LogP contribution in [0.15, 0.2) is 11.1 Å². The molecule has 1 atom stereocenters. The molecule has 2 aliphatic carbocycles. The number of nitrogens with zero attached hydrogens (tertiary/aromatic N) is 1. The lowest BCUT2D eigenvalue weighted by Crippen LogP contribution is -2.36. The molecule has 2 rings (SSSR count). The standard InChI is InChI=1S/C14H23NO/c1-3-9-15(2)12-7-8-13-11(10-12)5-4-6-14(13)16/h12H,3-10H2,1-2H3/t12-/m0/s1. The van der Waals surface area contributed by atoms with Crippen LogP contribution in [0.2, 0.25) is 0 Å². The average Bonchev–Trinajstić information content (AvgIpc) is 2.29. The molecule has 0 aliphatic heterocycles. The van der Waals surface area contributed by atoms with Crippen molar-refractivity contribution in [1.29, 1.82) is 0 Å². The monoisotopic (exact) mass is 221 g/mol. The summed E-state index contributed by atoms with van der Waals surface area (Å²) in [5.74, 6) is 0.442. The highest BCUT2D eigenvalue weighted by atomic mass is 16.1. The lowest BCUT2D eigenvalue weighted by Gasteiger charge is -2.35. The van der Waals surface area contributed by atoms with Gasteiger partial charge in [0.25, 0.3) is 0 Å². The molecule has 0 aromatic carbocycles. The third-order valence-electron chi connectivity index (χ3n) is 4.06. The number of hydrogen-bond acceptors (Lipinski definition) is 2. The summed E-state index contributed by atoms with van der Waals surface area (Å²) >= 11 is 0. The van der Waals surface area contributed by atoms with E-state index in [0.29, 0.717) is 11.8 Å². The molecule has 0 aromatic heterocycles. The average molecular weight is 221 g/mol. The minimum atomic E-state index is 0.442. The number of hydrogen-bond donors (Lipinski definition) is 0. The molecule has 0 fully saturated rings. The first-order valence-corrected chi connectivity index (χ1v) is 6.66. The van der Waals surface area contributed by atoms with Crippen LogP contribution in [-0.4, -0.2) is 30.3 Å². The highest BCUT2D eigenvalue weighted by Crippen LogP contribution is 2.35. The van der Waals surface area contributed by atoms with Crippen LogP contribution in [0, 0.1) is 0 Å². The number of ketones is 1. The quantitative estimate of drug-likeness (QED) is 0.730. The lowest BCUT2D eigenvalue weighted by molar-refractivity contribution is -0.116. The number of allylic oxidation sites excluding steroid dienone is 1. The zero-order valence-corrected chi connectivity index (χ0v) is 10.6. The second-order valence-electron chi connectivity index (χ2n) is 5.24. The molecule has 0 aromatic rings. The summed E-state index contributed by atoms with van der Waals surface area (Å²) in [6.45, 7) is 3.41. The summed E-state index contributed by atoms with van der Waals surface area (Å²) in [4.78, 5) is 14.2. The lowest BCUT2D eigenvalue weighted by atomic mass is 9.79. The molecule has 90 valence electrons. The SMILES string of the molecule is CCCN(C)[C@H]1CCC2=C(CCCC2=O)C1. The van der Waals surface area contributed by atoms with Gasteiger partial charge in [0, 0.05) is 12.5 Å². The van der Waals surface area contributed by atoms with Crippen LogP contribution in [0.25, 0.3) is 0 Å². The van der Waals surface area contributed by atoms with Crippen molar-refractivity contribution in [3.63, 3.8) is 0 Å². The van der Waals surface area contributed by atoms with Gasteiger partial charge in [0.2, 0.25) is 0 Å². The molecule has 0 bridgehead atoms. The van der Waals surface area contributed by atoms with Crippen molar-refractivity contribution < 1.29 is 4.79 Å². The van der Waals surface area contributed by atoms with Gasteiger partial charge in [0.05, 0.1) is 0 Å². The Hall–Kier alpha value is -0.630. The molecule has 0 saturated carbocycles. The van der Waals surface area contributed by atoms with E-state index >= 15 is 0 Å². The Bertz CT molecular complexity index is 306. The van der Waals surface area contributed by atoms with Crippen molar-refractivity contribution in [2.75, 3.05) is 13.6 Å². The molecular weight excluding hydrogens is 198 g/mol. The Morgan fingerprint density at radius 3 is 2.88 bits per heavy atom. The Labute approximate surface area is 98.7 Å². The van der Waals surface area contributed by atoms with Gasteiger partial charge in [-0.1, -0.05) is 12.5 Å². The fraction of sp³-hybridized carbons (Fsp3) is 0.786. The molecule has 0 spiro atoms. The molecule has 0 N–H and O–H groups in total. The maximum atomic E-state index is 11.8. The Morgan fingerprint density at radius 1 is 1.31 bits per heavy atom. The molecule has 16 heavy (non-hydrogen) atoms. The van der Waals surface area contributed by atoms with E-state index in [1.54, 1.807) is 0 Å². The van der Waals surface area contributed by atoms with E-state index < -0.39 is 0 Å². The summed E-state index contributed by atoms with van der Waals surface area (Å²) in [7, 11) is 2.23. The summed E-state index contributed by atoms with van der Waals surface area (Å²) < 4.78 is 0. The van der Waals surface area contributed by atoms with E-state index in [2.05, 4.69) is 18.9 Å². The largest absolute Gasteiger partial charge is 0.303 e. The van der Waals surface area contributed by atoms with Crippen LogP contribution >= 0.6 is 0 Å². The maximum absolute atomic E-state index is 11.8. The summed E-state index contributed by atoms with van der Waals surface area (Å²) in [6, 6.07) is 0.685. The highest BCUT2D eigenvalue weighted by molar-refractivity contribution is 5.97. The van der Waals surface area contributed by atoms with Gasteiger partial charge >= 0.3 is 0 Å². The number of Topliss-reactive ketones (excluding diaryl/α,β-unsaturated/α-hetero) is 1. The van der Waals surface area contributed by atoms with Gasteiger partial charge in [-0.2, -0.15) is 0 Å². The number of rotatable bonds is 3. The normalized spacial score (nSPS) is 26.2. The van der Waals surface area contributed by atoms with Gasteiger partial charge in [0.15, 0.2) is 5.78 Å². The summed E-state index contributed by atoms with van der Waals surface area (Å²) in [5, 5.41) is 0. The zero-order chi connectivity index (χ0) is 11.5. The van der Waals surface area contributed by atoms with Crippen LogP contribution in [0.5, 0.6) is 0 Å². The van der Waals surface area contributed by atoms with Gasteiger partial charge in [-0.15, -0.1) is 0 Å².